The number of ether oxygens (including phenoxy) is 1. The van der Waals surface area contributed by atoms with Crippen LogP contribution >= 0.6 is 0 Å². The van der Waals surface area contributed by atoms with E-state index in [1.165, 1.54) is 49.5 Å². The van der Waals surface area contributed by atoms with Gasteiger partial charge in [-0.2, -0.15) is 0 Å². The molecule has 0 atom stereocenters. The summed E-state index contributed by atoms with van der Waals surface area (Å²) in [5.41, 5.74) is 6.15. The van der Waals surface area contributed by atoms with Gasteiger partial charge < -0.3 is 4.74 Å². The number of aromatic nitrogens is 1. The minimum Gasteiger partial charge on any atom is -0.455 e. The SMILES string of the molecule is Cc1ccc2cc[n+](C)c3c2c1Oc1c-3c(C)c2ccccc2c1C. The molecule has 2 heteroatoms. The summed E-state index contributed by atoms with van der Waals surface area (Å²) in [7, 11) is 2.12. The first-order valence-electron chi connectivity index (χ1n) is 8.70. The Kier molecular flexibility index (Phi) is 2.79. The molecule has 122 valence electrons. The van der Waals surface area contributed by atoms with E-state index in [1.54, 1.807) is 0 Å². The predicted molar refractivity (Wildman–Crippen MR) is 102 cm³/mol. The fourth-order valence-corrected chi connectivity index (χ4v) is 4.23. The van der Waals surface area contributed by atoms with Crippen LogP contribution < -0.4 is 9.30 Å². The predicted octanol–water partition coefficient (Wildman–Crippen LogP) is 5.52. The minimum absolute atomic E-state index is 0.994. The standard InChI is InChI=1S/C23H20NO/c1-13-9-10-16-11-12-24(4)21-19-14(2)17-7-5-6-8-18(17)15(3)23(19)25-22(13)20(16)21/h5-12H,1-4H3/q+1. The molecular formula is C23H20NO+. The Balaban J connectivity index is 2.07. The normalized spacial score (nSPS) is 12.3. The lowest BCUT2D eigenvalue weighted by Crippen LogP contribution is -2.32. The van der Waals surface area contributed by atoms with Gasteiger partial charge in [0.25, 0.3) is 0 Å². The fourth-order valence-electron chi connectivity index (χ4n) is 4.23. The lowest BCUT2D eigenvalue weighted by molar-refractivity contribution is -0.659. The van der Waals surface area contributed by atoms with Crippen LogP contribution in [0.4, 0.5) is 0 Å². The van der Waals surface area contributed by atoms with Crippen LogP contribution in [-0.2, 0) is 7.05 Å². The maximum atomic E-state index is 6.54. The molecule has 0 saturated carbocycles. The Labute approximate surface area is 147 Å². The highest BCUT2D eigenvalue weighted by atomic mass is 16.5. The van der Waals surface area contributed by atoms with Crippen LogP contribution in [0.1, 0.15) is 16.7 Å². The van der Waals surface area contributed by atoms with Crippen LogP contribution in [0.25, 0.3) is 32.8 Å². The summed E-state index contributed by atoms with van der Waals surface area (Å²) in [4.78, 5) is 0. The smallest absolute Gasteiger partial charge is 0.228 e. The molecule has 25 heavy (non-hydrogen) atoms. The zero-order chi connectivity index (χ0) is 17.3. The molecule has 0 spiro atoms. The van der Waals surface area contributed by atoms with E-state index in [0.29, 0.717) is 0 Å². The molecule has 0 N–H and O–H groups in total. The zero-order valence-corrected chi connectivity index (χ0v) is 15.0. The number of fused-ring (bicyclic) bond motifs is 3. The largest absolute Gasteiger partial charge is 0.455 e. The van der Waals surface area contributed by atoms with E-state index < -0.39 is 0 Å². The first-order valence-corrected chi connectivity index (χ1v) is 8.70. The van der Waals surface area contributed by atoms with E-state index in [2.05, 4.69) is 81.0 Å². The van der Waals surface area contributed by atoms with Crippen molar-refractivity contribution in [1.82, 2.24) is 0 Å². The second-order valence-corrected chi connectivity index (χ2v) is 7.05. The molecule has 2 heterocycles. The molecule has 0 bridgehead atoms. The van der Waals surface area contributed by atoms with Gasteiger partial charge in [-0.05, 0) is 48.1 Å². The van der Waals surface area contributed by atoms with Gasteiger partial charge in [-0.25, -0.2) is 4.57 Å². The number of rotatable bonds is 0. The highest BCUT2D eigenvalue weighted by molar-refractivity contribution is 6.06. The summed E-state index contributed by atoms with van der Waals surface area (Å²) in [6.45, 7) is 6.51. The van der Waals surface area contributed by atoms with Crippen molar-refractivity contribution in [3.05, 3.63) is 65.4 Å². The van der Waals surface area contributed by atoms with Gasteiger partial charge in [0.2, 0.25) is 5.69 Å². The molecule has 0 amide bonds. The fraction of sp³-hybridized carbons (Fsp3) is 0.174. The Morgan fingerprint density at radius 3 is 2.28 bits per heavy atom. The van der Waals surface area contributed by atoms with Crippen LogP contribution in [0.15, 0.2) is 48.7 Å². The van der Waals surface area contributed by atoms with E-state index in [1.807, 2.05) is 0 Å². The van der Waals surface area contributed by atoms with Gasteiger partial charge in [-0.1, -0.05) is 36.4 Å². The molecular weight excluding hydrogens is 306 g/mol. The second-order valence-electron chi connectivity index (χ2n) is 7.05. The van der Waals surface area contributed by atoms with Crippen LogP contribution in [0.2, 0.25) is 0 Å². The Bertz CT molecular complexity index is 1200. The van der Waals surface area contributed by atoms with Gasteiger partial charge in [0.15, 0.2) is 6.20 Å². The van der Waals surface area contributed by atoms with Crippen molar-refractivity contribution in [2.75, 3.05) is 0 Å². The average molecular weight is 326 g/mol. The summed E-state index contributed by atoms with van der Waals surface area (Å²) in [6, 6.07) is 15.1. The molecule has 0 unspecified atom stereocenters. The van der Waals surface area contributed by atoms with Crippen molar-refractivity contribution in [3.8, 4) is 22.8 Å². The second kappa shape index (κ2) is 4.82. The Morgan fingerprint density at radius 2 is 1.52 bits per heavy atom. The summed E-state index contributed by atoms with van der Waals surface area (Å²) < 4.78 is 8.77. The third kappa shape index (κ3) is 1.77. The summed E-state index contributed by atoms with van der Waals surface area (Å²) >= 11 is 0. The van der Waals surface area contributed by atoms with E-state index >= 15 is 0 Å². The van der Waals surface area contributed by atoms with E-state index in [-0.39, 0.29) is 0 Å². The van der Waals surface area contributed by atoms with Crippen molar-refractivity contribution >= 4 is 21.5 Å². The topological polar surface area (TPSA) is 13.1 Å². The van der Waals surface area contributed by atoms with Gasteiger partial charge in [-0.15, -0.1) is 0 Å². The summed E-state index contributed by atoms with van der Waals surface area (Å²) in [5.74, 6) is 2.00. The van der Waals surface area contributed by atoms with Crippen LogP contribution in [0.5, 0.6) is 11.5 Å². The highest BCUT2D eigenvalue weighted by Gasteiger charge is 2.32. The molecule has 1 aliphatic heterocycles. The number of hydrogen-bond acceptors (Lipinski definition) is 1. The van der Waals surface area contributed by atoms with Crippen LogP contribution in [0, 0.1) is 20.8 Å². The first kappa shape index (κ1) is 14.5. The van der Waals surface area contributed by atoms with Crippen molar-refractivity contribution < 1.29 is 9.30 Å². The van der Waals surface area contributed by atoms with E-state index in [4.69, 9.17) is 4.74 Å². The molecule has 1 aliphatic rings. The van der Waals surface area contributed by atoms with E-state index in [0.717, 1.165) is 11.5 Å². The number of pyridine rings is 1. The molecule has 0 aliphatic carbocycles. The van der Waals surface area contributed by atoms with Crippen molar-refractivity contribution in [2.24, 2.45) is 7.05 Å². The van der Waals surface area contributed by atoms with Crippen molar-refractivity contribution in [3.63, 3.8) is 0 Å². The molecule has 0 fully saturated rings. The van der Waals surface area contributed by atoms with Gasteiger partial charge >= 0.3 is 0 Å². The third-order valence-electron chi connectivity index (χ3n) is 5.57. The summed E-state index contributed by atoms with van der Waals surface area (Å²) in [5, 5.41) is 5.01. The van der Waals surface area contributed by atoms with Crippen molar-refractivity contribution in [1.29, 1.82) is 0 Å². The Morgan fingerprint density at radius 1 is 0.800 bits per heavy atom. The quantitative estimate of drug-likeness (QED) is 0.342. The first-order chi connectivity index (χ1) is 12.1. The highest BCUT2D eigenvalue weighted by Crippen LogP contribution is 2.50. The molecule has 4 aromatic rings. The average Bonchev–Trinajstić information content (AvgIpc) is 2.64. The molecule has 0 radical (unpaired) electrons. The Hall–Kier alpha value is -2.87. The van der Waals surface area contributed by atoms with Gasteiger partial charge in [-0.3, -0.25) is 0 Å². The maximum absolute atomic E-state index is 6.54. The lowest BCUT2D eigenvalue weighted by atomic mass is 9.89. The molecule has 0 saturated heterocycles. The number of benzene rings is 3. The monoisotopic (exact) mass is 326 g/mol. The molecule has 2 nitrogen and oxygen atoms in total. The van der Waals surface area contributed by atoms with Crippen LogP contribution in [-0.4, -0.2) is 0 Å². The van der Waals surface area contributed by atoms with Gasteiger partial charge in [0.1, 0.15) is 18.5 Å². The number of hydrogen-bond donors (Lipinski definition) is 0. The van der Waals surface area contributed by atoms with Gasteiger partial charge in [0.05, 0.1) is 10.9 Å². The van der Waals surface area contributed by atoms with Gasteiger partial charge in [0, 0.05) is 11.6 Å². The van der Waals surface area contributed by atoms with Crippen LogP contribution in [0.3, 0.4) is 0 Å². The minimum atomic E-state index is 0.994. The third-order valence-corrected chi connectivity index (χ3v) is 5.57. The zero-order valence-electron chi connectivity index (χ0n) is 15.0. The lowest BCUT2D eigenvalue weighted by Gasteiger charge is -2.25. The molecule has 1 aromatic heterocycles. The number of aryl methyl sites for hydroxylation is 4. The molecule has 5 rings (SSSR count). The summed E-state index contributed by atoms with van der Waals surface area (Å²) in [6.07, 6.45) is 2.15. The van der Waals surface area contributed by atoms with Crippen molar-refractivity contribution in [2.45, 2.75) is 20.8 Å². The number of nitrogens with zero attached hydrogens (tertiary/aromatic N) is 1. The molecule has 3 aromatic carbocycles. The van der Waals surface area contributed by atoms with E-state index in [9.17, 15) is 0 Å². The maximum Gasteiger partial charge on any atom is 0.228 e.